The van der Waals surface area contributed by atoms with Gasteiger partial charge in [0.25, 0.3) is 5.91 Å². The van der Waals surface area contributed by atoms with E-state index in [0.29, 0.717) is 28.8 Å². The standard InChI is InChI=1S/C29H33N3O4S/c1-5-6-7-8-15-35-26-14-9-21(17-27(26)34-4)16-23(18-30)28(33)32-29-31-25(19-37-29)22-10-12-24(13-11-22)36-20(2)3/h9-14,16-17,19-20H,5-8,15H2,1-4H3,(H,31,32,33)/b23-16+. The van der Waals surface area contributed by atoms with Gasteiger partial charge >= 0.3 is 0 Å². The van der Waals surface area contributed by atoms with Crippen molar-refractivity contribution in [2.45, 2.75) is 52.6 Å². The van der Waals surface area contributed by atoms with E-state index >= 15 is 0 Å². The Bertz CT molecular complexity index is 1240. The quantitative estimate of drug-likeness (QED) is 0.147. The molecule has 2 aromatic carbocycles. The van der Waals surface area contributed by atoms with E-state index in [-0.39, 0.29) is 11.7 Å². The number of hydrogen-bond donors (Lipinski definition) is 1. The van der Waals surface area contributed by atoms with Crippen LogP contribution in [0.4, 0.5) is 5.13 Å². The summed E-state index contributed by atoms with van der Waals surface area (Å²) in [5, 5.41) is 14.6. The van der Waals surface area contributed by atoms with Crippen LogP contribution < -0.4 is 19.5 Å². The Labute approximate surface area is 222 Å². The summed E-state index contributed by atoms with van der Waals surface area (Å²) in [5.74, 6) is 1.45. The number of amides is 1. The molecule has 0 saturated heterocycles. The van der Waals surface area contributed by atoms with Crippen LogP contribution in [0.2, 0.25) is 0 Å². The molecule has 0 aliphatic rings. The minimum Gasteiger partial charge on any atom is -0.493 e. The molecule has 1 amide bonds. The van der Waals surface area contributed by atoms with Crippen molar-refractivity contribution in [1.82, 2.24) is 4.98 Å². The zero-order chi connectivity index (χ0) is 26.6. The topological polar surface area (TPSA) is 93.5 Å². The van der Waals surface area contributed by atoms with Gasteiger partial charge in [0.05, 0.1) is 25.5 Å². The van der Waals surface area contributed by atoms with Crippen LogP contribution in [0.25, 0.3) is 17.3 Å². The first-order chi connectivity index (χ1) is 17.9. The van der Waals surface area contributed by atoms with E-state index in [1.165, 1.54) is 30.3 Å². The van der Waals surface area contributed by atoms with Crippen LogP contribution in [0.5, 0.6) is 17.2 Å². The number of carbonyl (C=O) groups excluding carboxylic acids is 1. The Morgan fingerprint density at radius 3 is 2.59 bits per heavy atom. The van der Waals surface area contributed by atoms with Gasteiger partial charge in [-0.1, -0.05) is 32.3 Å². The van der Waals surface area contributed by atoms with Crippen molar-refractivity contribution in [3.63, 3.8) is 0 Å². The number of nitrogens with zero attached hydrogens (tertiary/aromatic N) is 2. The maximum Gasteiger partial charge on any atom is 0.268 e. The van der Waals surface area contributed by atoms with Crippen LogP contribution in [-0.4, -0.2) is 30.7 Å². The molecule has 194 valence electrons. The largest absolute Gasteiger partial charge is 0.493 e. The van der Waals surface area contributed by atoms with Gasteiger partial charge in [-0.2, -0.15) is 5.26 Å². The first kappa shape index (κ1) is 27.8. The number of hydrogen-bond acceptors (Lipinski definition) is 7. The number of nitrogens with one attached hydrogen (secondary N) is 1. The molecule has 1 heterocycles. The summed E-state index contributed by atoms with van der Waals surface area (Å²) < 4.78 is 17.0. The lowest BCUT2D eigenvalue weighted by Gasteiger charge is -2.11. The fraction of sp³-hybridized carbons (Fsp3) is 0.345. The van der Waals surface area contributed by atoms with Gasteiger partial charge in [-0.25, -0.2) is 4.98 Å². The van der Waals surface area contributed by atoms with E-state index in [2.05, 4.69) is 17.2 Å². The van der Waals surface area contributed by atoms with Crippen molar-refractivity contribution in [2.75, 3.05) is 19.0 Å². The van der Waals surface area contributed by atoms with Gasteiger partial charge in [0.15, 0.2) is 16.6 Å². The molecule has 0 saturated carbocycles. The Morgan fingerprint density at radius 2 is 1.92 bits per heavy atom. The Balaban J connectivity index is 1.65. The molecule has 7 nitrogen and oxygen atoms in total. The second-order valence-corrected chi connectivity index (χ2v) is 9.53. The third-order valence-corrected chi connectivity index (χ3v) is 6.12. The van der Waals surface area contributed by atoms with Gasteiger partial charge < -0.3 is 14.2 Å². The highest BCUT2D eigenvalue weighted by Gasteiger charge is 2.14. The lowest BCUT2D eigenvalue weighted by Crippen LogP contribution is -2.13. The number of thiazole rings is 1. The summed E-state index contributed by atoms with van der Waals surface area (Å²) in [7, 11) is 1.57. The van der Waals surface area contributed by atoms with Gasteiger partial charge in [0.2, 0.25) is 0 Å². The Kier molecular flexibility index (Phi) is 10.5. The van der Waals surface area contributed by atoms with Gasteiger partial charge in [0, 0.05) is 10.9 Å². The smallest absolute Gasteiger partial charge is 0.268 e. The average Bonchev–Trinajstić information content (AvgIpc) is 3.36. The zero-order valence-corrected chi connectivity index (χ0v) is 22.6. The van der Waals surface area contributed by atoms with E-state index in [1.807, 2.05) is 49.6 Å². The summed E-state index contributed by atoms with van der Waals surface area (Å²) in [6.45, 7) is 6.74. The van der Waals surface area contributed by atoms with E-state index < -0.39 is 5.91 Å². The third-order valence-electron chi connectivity index (χ3n) is 5.37. The lowest BCUT2D eigenvalue weighted by atomic mass is 10.1. The summed E-state index contributed by atoms with van der Waals surface area (Å²) >= 11 is 1.29. The summed E-state index contributed by atoms with van der Waals surface area (Å²) in [6, 6.07) is 14.9. The Morgan fingerprint density at radius 1 is 1.14 bits per heavy atom. The second kappa shape index (κ2) is 14.0. The van der Waals surface area contributed by atoms with Crippen molar-refractivity contribution < 1.29 is 19.0 Å². The highest BCUT2D eigenvalue weighted by atomic mass is 32.1. The van der Waals surface area contributed by atoms with Crippen LogP contribution >= 0.6 is 11.3 Å². The summed E-state index contributed by atoms with van der Waals surface area (Å²) in [6.07, 6.45) is 6.08. The minimum atomic E-state index is -0.528. The highest BCUT2D eigenvalue weighted by molar-refractivity contribution is 7.14. The van der Waals surface area contributed by atoms with Gasteiger partial charge in [-0.3, -0.25) is 10.1 Å². The fourth-order valence-corrected chi connectivity index (χ4v) is 4.24. The third kappa shape index (κ3) is 8.36. The number of rotatable bonds is 13. The number of benzene rings is 2. The molecule has 0 spiro atoms. The zero-order valence-electron chi connectivity index (χ0n) is 21.7. The van der Waals surface area contributed by atoms with Crippen molar-refractivity contribution in [3.05, 3.63) is 59.0 Å². The molecule has 0 aliphatic carbocycles. The first-order valence-corrected chi connectivity index (χ1v) is 13.3. The molecule has 3 rings (SSSR count). The van der Waals surface area contributed by atoms with E-state index in [9.17, 15) is 10.1 Å². The van der Waals surface area contributed by atoms with Crippen molar-refractivity contribution >= 4 is 28.5 Å². The molecule has 37 heavy (non-hydrogen) atoms. The highest BCUT2D eigenvalue weighted by Crippen LogP contribution is 2.30. The molecule has 3 aromatic rings. The second-order valence-electron chi connectivity index (χ2n) is 8.67. The number of nitriles is 1. The summed E-state index contributed by atoms with van der Waals surface area (Å²) in [5.41, 5.74) is 2.25. The number of carbonyl (C=O) groups is 1. The molecule has 0 fully saturated rings. The van der Waals surface area contributed by atoms with Crippen LogP contribution in [-0.2, 0) is 4.79 Å². The number of aromatic nitrogens is 1. The van der Waals surface area contributed by atoms with Crippen LogP contribution in [0.3, 0.4) is 0 Å². The van der Waals surface area contributed by atoms with E-state index in [0.717, 1.165) is 29.8 Å². The van der Waals surface area contributed by atoms with Crippen LogP contribution in [0, 0.1) is 11.3 Å². The SMILES string of the molecule is CCCCCCOc1ccc(/C=C(\C#N)C(=O)Nc2nc(-c3ccc(OC(C)C)cc3)cs2)cc1OC. The minimum absolute atomic E-state index is 0.0396. The first-order valence-electron chi connectivity index (χ1n) is 12.4. The molecule has 1 aromatic heterocycles. The number of methoxy groups -OCH3 is 1. The molecule has 8 heteroatoms. The van der Waals surface area contributed by atoms with Crippen LogP contribution in [0.1, 0.15) is 52.0 Å². The van der Waals surface area contributed by atoms with E-state index in [4.69, 9.17) is 14.2 Å². The predicted molar refractivity (Wildman–Crippen MR) is 148 cm³/mol. The van der Waals surface area contributed by atoms with Crippen LogP contribution in [0.15, 0.2) is 53.4 Å². The monoisotopic (exact) mass is 519 g/mol. The number of ether oxygens (including phenoxy) is 3. The summed E-state index contributed by atoms with van der Waals surface area (Å²) in [4.78, 5) is 17.3. The molecule has 0 unspecified atom stereocenters. The molecule has 0 atom stereocenters. The van der Waals surface area contributed by atoms with Crippen molar-refractivity contribution in [2.24, 2.45) is 0 Å². The lowest BCUT2D eigenvalue weighted by molar-refractivity contribution is -0.112. The predicted octanol–water partition coefficient (Wildman–Crippen LogP) is 7.11. The molecular weight excluding hydrogens is 486 g/mol. The molecular formula is C29H33N3O4S. The maximum absolute atomic E-state index is 12.8. The molecule has 0 aliphatic heterocycles. The average molecular weight is 520 g/mol. The van der Waals surface area contributed by atoms with Gasteiger partial charge in [0.1, 0.15) is 17.4 Å². The number of unbranched alkanes of at least 4 members (excludes halogenated alkanes) is 3. The van der Waals surface area contributed by atoms with Crippen molar-refractivity contribution in [3.8, 4) is 34.6 Å². The van der Waals surface area contributed by atoms with Gasteiger partial charge in [-0.15, -0.1) is 11.3 Å². The van der Waals surface area contributed by atoms with Gasteiger partial charge in [-0.05, 0) is 68.3 Å². The van der Waals surface area contributed by atoms with Crippen molar-refractivity contribution in [1.29, 1.82) is 5.26 Å². The Hall–Kier alpha value is -3.83. The fourth-order valence-electron chi connectivity index (χ4n) is 3.52. The normalized spacial score (nSPS) is 11.2. The molecule has 1 N–H and O–H groups in total. The van der Waals surface area contributed by atoms with E-state index in [1.54, 1.807) is 25.3 Å². The molecule has 0 bridgehead atoms. The maximum atomic E-state index is 12.8. The number of anilines is 1. The molecule has 0 radical (unpaired) electrons.